The van der Waals surface area contributed by atoms with E-state index in [2.05, 4.69) is 16.0 Å². The standard InChI is InChI=1S/C33H39F2N3O5/c1-21(2)17-28(38-32(41)37-27-16-13-24(34)19-26(27)35)30(39)36-29(31(40)43-33(3,4)5)18-22-11-14-25(15-12-22)42-20-23-9-7-6-8-10-23/h6-16,19,21,28-29H,17-18,20H2,1-5H3,(H,36,39)(H2,37,38,41)/t28-,29-/m0/s1. The molecular weight excluding hydrogens is 556 g/mol. The summed E-state index contributed by atoms with van der Waals surface area (Å²) in [6.07, 6.45) is 0.362. The second kappa shape index (κ2) is 15.1. The number of nitrogens with one attached hydrogen (secondary N) is 3. The van der Waals surface area contributed by atoms with E-state index in [4.69, 9.17) is 9.47 Å². The highest BCUT2D eigenvalue weighted by Gasteiger charge is 2.31. The number of amides is 3. The van der Waals surface area contributed by atoms with Crippen molar-refractivity contribution in [1.82, 2.24) is 10.6 Å². The summed E-state index contributed by atoms with van der Waals surface area (Å²) in [6, 6.07) is 16.7. The molecule has 10 heteroatoms. The van der Waals surface area contributed by atoms with Crippen LogP contribution in [0.25, 0.3) is 0 Å². The van der Waals surface area contributed by atoms with Crippen LogP contribution in [-0.2, 0) is 27.4 Å². The predicted octanol–water partition coefficient (Wildman–Crippen LogP) is 6.15. The summed E-state index contributed by atoms with van der Waals surface area (Å²) < 4.78 is 38.7. The number of hydrogen-bond donors (Lipinski definition) is 3. The van der Waals surface area contributed by atoms with Gasteiger partial charge in [0.25, 0.3) is 0 Å². The van der Waals surface area contributed by atoms with Gasteiger partial charge in [0.1, 0.15) is 41.7 Å². The number of anilines is 1. The fourth-order valence-corrected chi connectivity index (χ4v) is 4.15. The van der Waals surface area contributed by atoms with Crippen molar-refractivity contribution in [2.24, 2.45) is 5.92 Å². The minimum absolute atomic E-state index is 0.0120. The fourth-order valence-electron chi connectivity index (χ4n) is 4.15. The fraction of sp³-hybridized carbons (Fsp3) is 0.364. The molecule has 3 amide bonds. The minimum Gasteiger partial charge on any atom is -0.489 e. The van der Waals surface area contributed by atoms with Gasteiger partial charge in [0.2, 0.25) is 5.91 Å². The maximum atomic E-state index is 14.0. The molecule has 0 saturated carbocycles. The molecule has 43 heavy (non-hydrogen) atoms. The molecule has 0 spiro atoms. The van der Waals surface area contributed by atoms with Gasteiger partial charge in [-0.25, -0.2) is 18.4 Å². The molecule has 3 aromatic rings. The molecule has 0 aromatic heterocycles. The number of urea groups is 1. The highest BCUT2D eigenvalue weighted by molar-refractivity contribution is 5.95. The Morgan fingerprint density at radius 3 is 2.12 bits per heavy atom. The van der Waals surface area contributed by atoms with Gasteiger partial charge < -0.3 is 25.4 Å². The number of rotatable bonds is 12. The number of esters is 1. The first-order chi connectivity index (χ1) is 20.3. The average Bonchev–Trinajstić information content (AvgIpc) is 2.93. The van der Waals surface area contributed by atoms with E-state index < -0.39 is 47.2 Å². The summed E-state index contributed by atoms with van der Waals surface area (Å²) in [6.45, 7) is 9.32. The molecule has 0 fully saturated rings. The topological polar surface area (TPSA) is 106 Å². The van der Waals surface area contributed by atoms with Gasteiger partial charge in [-0.3, -0.25) is 4.79 Å². The molecule has 0 aliphatic heterocycles. The van der Waals surface area contributed by atoms with E-state index in [0.29, 0.717) is 18.4 Å². The highest BCUT2D eigenvalue weighted by Crippen LogP contribution is 2.18. The van der Waals surface area contributed by atoms with E-state index in [-0.39, 0.29) is 24.4 Å². The summed E-state index contributed by atoms with van der Waals surface area (Å²) in [5, 5.41) is 7.56. The molecule has 3 N–H and O–H groups in total. The van der Waals surface area contributed by atoms with Crippen LogP contribution < -0.4 is 20.7 Å². The number of hydrogen-bond acceptors (Lipinski definition) is 5. The van der Waals surface area contributed by atoms with Gasteiger partial charge >= 0.3 is 12.0 Å². The van der Waals surface area contributed by atoms with E-state index in [1.807, 2.05) is 44.2 Å². The zero-order valence-electron chi connectivity index (χ0n) is 25.1. The molecule has 0 radical (unpaired) electrons. The first kappa shape index (κ1) is 33.0. The first-order valence-electron chi connectivity index (χ1n) is 14.1. The monoisotopic (exact) mass is 595 g/mol. The van der Waals surface area contributed by atoms with Gasteiger partial charge in [0, 0.05) is 12.5 Å². The number of carbonyl (C=O) groups is 3. The van der Waals surface area contributed by atoms with E-state index >= 15 is 0 Å². The van der Waals surface area contributed by atoms with Crippen molar-refractivity contribution in [1.29, 1.82) is 0 Å². The van der Waals surface area contributed by atoms with Crippen molar-refractivity contribution in [3.63, 3.8) is 0 Å². The van der Waals surface area contributed by atoms with Crippen molar-refractivity contribution in [2.45, 2.75) is 71.8 Å². The number of carbonyl (C=O) groups excluding carboxylic acids is 3. The van der Waals surface area contributed by atoms with Gasteiger partial charge in [0.05, 0.1) is 5.69 Å². The van der Waals surface area contributed by atoms with Crippen LogP contribution in [0, 0.1) is 17.6 Å². The molecule has 3 aromatic carbocycles. The van der Waals surface area contributed by atoms with E-state index in [1.54, 1.807) is 45.0 Å². The van der Waals surface area contributed by atoms with Gasteiger partial charge in [-0.2, -0.15) is 0 Å². The van der Waals surface area contributed by atoms with Gasteiger partial charge in [-0.05, 0) is 68.5 Å². The van der Waals surface area contributed by atoms with Crippen LogP contribution in [0.2, 0.25) is 0 Å². The Hall–Kier alpha value is -4.47. The minimum atomic E-state index is -1.06. The zero-order chi connectivity index (χ0) is 31.6. The number of halogens is 2. The molecule has 3 rings (SSSR count). The molecule has 0 aliphatic carbocycles. The second-order valence-corrected chi connectivity index (χ2v) is 11.6. The van der Waals surface area contributed by atoms with Gasteiger partial charge in [-0.15, -0.1) is 0 Å². The molecule has 2 atom stereocenters. The van der Waals surface area contributed by atoms with E-state index in [0.717, 1.165) is 23.3 Å². The maximum absolute atomic E-state index is 14.0. The van der Waals surface area contributed by atoms with Crippen LogP contribution in [0.1, 0.15) is 52.2 Å². The lowest BCUT2D eigenvalue weighted by atomic mass is 10.0. The molecule has 230 valence electrons. The van der Waals surface area contributed by atoms with Crippen molar-refractivity contribution in [3.8, 4) is 5.75 Å². The van der Waals surface area contributed by atoms with E-state index in [9.17, 15) is 23.2 Å². The Morgan fingerprint density at radius 1 is 0.837 bits per heavy atom. The van der Waals surface area contributed by atoms with Crippen LogP contribution in [-0.4, -0.2) is 35.6 Å². The Labute approximate surface area is 251 Å². The summed E-state index contributed by atoms with van der Waals surface area (Å²) in [7, 11) is 0. The van der Waals surface area contributed by atoms with Crippen LogP contribution in [0.5, 0.6) is 5.75 Å². The molecule has 0 heterocycles. The van der Waals surface area contributed by atoms with Gasteiger partial charge in [-0.1, -0.05) is 56.3 Å². The van der Waals surface area contributed by atoms with Gasteiger partial charge in [0.15, 0.2) is 0 Å². The third-order valence-corrected chi connectivity index (χ3v) is 6.13. The van der Waals surface area contributed by atoms with E-state index in [1.165, 1.54) is 0 Å². The normalized spacial score (nSPS) is 12.7. The average molecular weight is 596 g/mol. The quantitative estimate of drug-likeness (QED) is 0.218. The lowest BCUT2D eigenvalue weighted by molar-refractivity contribution is -0.158. The summed E-state index contributed by atoms with van der Waals surface area (Å²) in [4.78, 5) is 39.2. The lowest BCUT2D eigenvalue weighted by Gasteiger charge is -2.27. The van der Waals surface area contributed by atoms with Crippen molar-refractivity contribution < 1.29 is 32.6 Å². The third kappa shape index (κ3) is 11.4. The molecule has 0 unspecified atom stereocenters. The predicted molar refractivity (Wildman–Crippen MR) is 160 cm³/mol. The molecule has 8 nitrogen and oxygen atoms in total. The summed E-state index contributed by atoms with van der Waals surface area (Å²) in [5.41, 5.74) is 0.732. The number of benzene rings is 3. The maximum Gasteiger partial charge on any atom is 0.329 e. The lowest BCUT2D eigenvalue weighted by Crippen LogP contribution is -2.54. The van der Waals surface area contributed by atoms with Crippen LogP contribution >= 0.6 is 0 Å². The molecule has 0 saturated heterocycles. The van der Waals surface area contributed by atoms with Crippen molar-refractivity contribution in [2.75, 3.05) is 5.32 Å². The molecular formula is C33H39F2N3O5. The van der Waals surface area contributed by atoms with Crippen molar-refractivity contribution >= 4 is 23.6 Å². The van der Waals surface area contributed by atoms with Crippen LogP contribution in [0.3, 0.4) is 0 Å². The summed E-state index contributed by atoms with van der Waals surface area (Å²) in [5.74, 6) is -2.35. The second-order valence-electron chi connectivity index (χ2n) is 11.6. The molecule has 0 aliphatic rings. The Bertz CT molecular complexity index is 1380. The third-order valence-electron chi connectivity index (χ3n) is 6.13. The summed E-state index contributed by atoms with van der Waals surface area (Å²) >= 11 is 0. The number of ether oxygens (including phenoxy) is 2. The molecule has 0 bridgehead atoms. The van der Waals surface area contributed by atoms with Crippen molar-refractivity contribution in [3.05, 3.63) is 95.6 Å². The van der Waals surface area contributed by atoms with Crippen LogP contribution in [0.15, 0.2) is 72.8 Å². The SMILES string of the molecule is CC(C)C[C@H](NC(=O)Nc1ccc(F)cc1F)C(=O)N[C@@H](Cc1ccc(OCc2ccccc2)cc1)C(=O)OC(C)(C)C. The Kier molecular flexibility index (Phi) is 11.6. The Balaban J connectivity index is 1.71. The smallest absolute Gasteiger partial charge is 0.329 e. The first-order valence-corrected chi connectivity index (χ1v) is 14.1. The zero-order valence-corrected chi connectivity index (χ0v) is 25.1. The Morgan fingerprint density at radius 2 is 1.51 bits per heavy atom. The largest absolute Gasteiger partial charge is 0.489 e. The highest BCUT2D eigenvalue weighted by atomic mass is 19.1. The van der Waals surface area contributed by atoms with Crippen LogP contribution in [0.4, 0.5) is 19.3 Å².